The van der Waals surface area contributed by atoms with E-state index in [9.17, 15) is 14.3 Å². The Kier molecular flexibility index (Phi) is 47.6. The van der Waals surface area contributed by atoms with Crippen LogP contribution in [0.3, 0.4) is 0 Å². The second kappa shape index (κ2) is 48.0. The van der Waals surface area contributed by atoms with Crippen molar-refractivity contribution in [3.8, 4) is 0 Å². The number of ether oxygens (including phenoxy) is 2. The normalized spacial score (nSPS) is 13.4. The summed E-state index contributed by atoms with van der Waals surface area (Å²) in [6, 6.07) is 0. The number of phosphoric ester groups is 1. The SMILES string of the molecule is CCCCCCCCCCCCCCCCCCCCCCCCOCC(COP(=O)(O)OCC[N+](C)(C)C)OC(=O)CCCCCCCCCCCCCCCCCCCCC. The second-order valence-electron chi connectivity index (χ2n) is 20.3. The van der Waals surface area contributed by atoms with Gasteiger partial charge >= 0.3 is 13.8 Å². The van der Waals surface area contributed by atoms with Crippen LogP contribution in [0.4, 0.5) is 0 Å². The average molecular weight is 917 g/mol. The van der Waals surface area contributed by atoms with Crippen molar-refractivity contribution < 1.29 is 37.3 Å². The average Bonchev–Trinajstić information content (AvgIpc) is 3.24. The van der Waals surface area contributed by atoms with E-state index < -0.39 is 13.9 Å². The summed E-state index contributed by atoms with van der Waals surface area (Å²) in [5.41, 5.74) is 0. The fourth-order valence-corrected chi connectivity index (χ4v) is 9.12. The van der Waals surface area contributed by atoms with Crippen LogP contribution in [0.25, 0.3) is 0 Å². The van der Waals surface area contributed by atoms with E-state index in [-0.39, 0.29) is 25.8 Å². The monoisotopic (exact) mass is 917 g/mol. The minimum absolute atomic E-state index is 0.0944. The zero-order valence-corrected chi connectivity index (χ0v) is 44.0. The number of nitrogens with zero attached hydrogens (tertiary/aromatic N) is 1. The molecular formula is C54H111NO7P+. The lowest BCUT2D eigenvalue weighted by Gasteiger charge is -2.24. The van der Waals surface area contributed by atoms with Gasteiger partial charge in [-0.25, -0.2) is 4.57 Å². The van der Waals surface area contributed by atoms with Crippen LogP contribution in [0.1, 0.15) is 284 Å². The molecule has 378 valence electrons. The first kappa shape index (κ1) is 62.5. The van der Waals surface area contributed by atoms with Crippen LogP contribution < -0.4 is 0 Å². The van der Waals surface area contributed by atoms with E-state index in [1.807, 2.05) is 21.1 Å². The lowest BCUT2D eigenvalue weighted by molar-refractivity contribution is -0.870. The van der Waals surface area contributed by atoms with Gasteiger partial charge in [-0.2, -0.15) is 0 Å². The molecule has 0 saturated heterocycles. The van der Waals surface area contributed by atoms with Gasteiger partial charge in [-0.05, 0) is 12.8 Å². The Balaban J connectivity index is 4.03. The smallest absolute Gasteiger partial charge is 0.457 e. The van der Waals surface area contributed by atoms with Crippen molar-refractivity contribution in [3.05, 3.63) is 0 Å². The fourth-order valence-electron chi connectivity index (χ4n) is 8.38. The van der Waals surface area contributed by atoms with E-state index in [1.54, 1.807) is 0 Å². The summed E-state index contributed by atoms with van der Waals surface area (Å²) in [4.78, 5) is 23.0. The van der Waals surface area contributed by atoms with Gasteiger partial charge in [-0.1, -0.05) is 264 Å². The van der Waals surface area contributed by atoms with Crippen molar-refractivity contribution in [2.75, 3.05) is 54.1 Å². The highest BCUT2D eigenvalue weighted by Gasteiger charge is 2.26. The third-order valence-corrected chi connectivity index (χ3v) is 13.7. The molecule has 0 aromatic carbocycles. The molecule has 0 amide bonds. The Morgan fingerprint density at radius 1 is 0.429 bits per heavy atom. The molecule has 0 rings (SSSR count). The summed E-state index contributed by atoms with van der Waals surface area (Å²) >= 11 is 0. The number of hydrogen-bond donors (Lipinski definition) is 1. The maximum Gasteiger partial charge on any atom is 0.472 e. The van der Waals surface area contributed by atoms with Crippen LogP contribution in [0.15, 0.2) is 0 Å². The van der Waals surface area contributed by atoms with Gasteiger partial charge in [0.2, 0.25) is 0 Å². The molecule has 0 aliphatic heterocycles. The van der Waals surface area contributed by atoms with Crippen LogP contribution in [0.2, 0.25) is 0 Å². The Morgan fingerprint density at radius 2 is 0.730 bits per heavy atom. The van der Waals surface area contributed by atoms with Crippen molar-refractivity contribution in [2.24, 2.45) is 0 Å². The molecule has 2 unspecified atom stereocenters. The lowest BCUT2D eigenvalue weighted by atomic mass is 10.0. The number of phosphoric acid groups is 1. The van der Waals surface area contributed by atoms with Gasteiger partial charge in [0.1, 0.15) is 19.3 Å². The maximum atomic E-state index is 12.8. The molecule has 0 fully saturated rings. The van der Waals surface area contributed by atoms with Gasteiger partial charge in [0.25, 0.3) is 0 Å². The number of unbranched alkanes of at least 4 members (excludes halogenated alkanes) is 39. The number of rotatable bonds is 53. The summed E-state index contributed by atoms with van der Waals surface area (Å²) in [5, 5.41) is 0. The highest BCUT2D eigenvalue weighted by molar-refractivity contribution is 7.47. The second-order valence-corrected chi connectivity index (χ2v) is 21.8. The fraction of sp³-hybridized carbons (Fsp3) is 0.981. The number of carbonyl (C=O) groups is 1. The molecular weight excluding hydrogens is 806 g/mol. The standard InChI is InChI=1S/C54H110NO7P/c1-6-8-10-12-14-16-18-20-22-24-26-27-28-30-32-34-36-38-40-42-44-46-49-59-51-53(52-61-63(57,58)60-50-48-55(3,4)5)62-54(56)47-45-43-41-39-37-35-33-31-29-25-23-21-19-17-15-13-11-9-7-2/h53H,6-52H2,1-5H3/p+1. The van der Waals surface area contributed by atoms with Gasteiger partial charge in [0, 0.05) is 13.0 Å². The molecule has 0 bridgehead atoms. The highest BCUT2D eigenvalue weighted by Crippen LogP contribution is 2.43. The van der Waals surface area contributed by atoms with E-state index in [1.165, 1.54) is 231 Å². The third kappa shape index (κ3) is 52.3. The quantitative estimate of drug-likeness (QED) is 0.0281. The predicted octanol–water partition coefficient (Wildman–Crippen LogP) is 17.2. The number of quaternary nitrogens is 1. The Bertz CT molecular complexity index is 976. The maximum absolute atomic E-state index is 12.8. The van der Waals surface area contributed by atoms with Crippen molar-refractivity contribution in [3.63, 3.8) is 0 Å². The minimum Gasteiger partial charge on any atom is -0.457 e. The van der Waals surface area contributed by atoms with Crippen molar-refractivity contribution in [1.82, 2.24) is 0 Å². The van der Waals surface area contributed by atoms with E-state index in [0.717, 1.165) is 32.1 Å². The molecule has 0 aromatic rings. The van der Waals surface area contributed by atoms with Gasteiger partial charge in [-0.3, -0.25) is 13.8 Å². The molecule has 8 nitrogen and oxygen atoms in total. The number of likely N-dealkylation sites (N-methyl/N-ethyl adjacent to an activating group) is 1. The van der Waals surface area contributed by atoms with Crippen LogP contribution in [0, 0.1) is 0 Å². The number of carbonyl (C=O) groups excluding carboxylic acids is 1. The van der Waals surface area contributed by atoms with E-state index in [0.29, 0.717) is 24.1 Å². The zero-order chi connectivity index (χ0) is 46.2. The predicted molar refractivity (Wildman–Crippen MR) is 271 cm³/mol. The van der Waals surface area contributed by atoms with Gasteiger partial charge < -0.3 is 18.9 Å². The van der Waals surface area contributed by atoms with Gasteiger partial charge in [0.05, 0.1) is 34.4 Å². The van der Waals surface area contributed by atoms with Gasteiger partial charge in [-0.15, -0.1) is 0 Å². The summed E-state index contributed by atoms with van der Waals surface area (Å²) in [6.07, 6.45) is 54.4. The minimum atomic E-state index is -4.27. The van der Waals surface area contributed by atoms with Crippen LogP contribution in [-0.2, 0) is 27.9 Å². The molecule has 0 aromatic heterocycles. The molecule has 2 atom stereocenters. The summed E-state index contributed by atoms with van der Waals surface area (Å²) < 4.78 is 35.2. The molecule has 0 saturated carbocycles. The van der Waals surface area contributed by atoms with Crippen LogP contribution in [-0.4, -0.2) is 75.6 Å². The van der Waals surface area contributed by atoms with Crippen molar-refractivity contribution in [2.45, 2.75) is 290 Å². The Hall–Kier alpha value is -0.500. The lowest BCUT2D eigenvalue weighted by Crippen LogP contribution is -2.37. The molecule has 0 radical (unpaired) electrons. The first-order valence-electron chi connectivity index (χ1n) is 27.8. The zero-order valence-electron chi connectivity index (χ0n) is 43.1. The summed E-state index contributed by atoms with van der Waals surface area (Å²) in [5.74, 6) is -0.303. The van der Waals surface area contributed by atoms with Gasteiger partial charge in [0.15, 0.2) is 0 Å². The first-order chi connectivity index (χ1) is 30.6. The van der Waals surface area contributed by atoms with E-state index in [2.05, 4.69) is 13.8 Å². The number of esters is 1. The highest BCUT2D eigenvalue weighted by atomic mass is 31.2. The summed E-state index contributed by atoms with van der Waals surface area (Å²) in [7, 11) is 1.69. The Labute approximate surface area is 393 Å². The molecule has 0 aliphatic rings. The summed E-state index contributed by atoms with van der Waals surface area (Å²) in [6.45, 7) is 5.72. The third-order valence-electron chi connectivity index (χ3n) is 12.7. The largest absolute Gasteiger partial charge is 0.472 e. The van der Waals surface area contributed by atoms with E-state index >= 15 is 0 Å². The molecule has 0 spiro atoms. The molecule has 0 aliphatic carbocycles. The van der Waals surface area contributed by atoms with Crippen molar-refractivity contribution in [1.29, 1.82) is 0 Å². The van der Waals surface area contributed by atoms with Crippen molar-refractivity contribution >= 4 is 13.8 Å². The van der Waals surface area contributed by atoms with Crippen LogP contribution >= 0.6 is 7.82 Å². The molecule has 1 N–H and O–H groups in total. The molecule has 63 heavy (non-hydrogen) atoms. The molecule has 9 heteroatoms. The Morgan fingerprint density at radius 3 is 1.05 bits per heavy atom. The first-order valence-corrected chi connectivity index (χ1v) is 29.3. The van der Waals surface area contributed by atoms with E-state index in [4.69, 9.17) is 18.5 Å². The van der Waals surface area contributed by atoms with Crippen LogP contribution in [0.5, 0.6) is 0 Å². The molecule has 0 heterocycles. The topological polar surface area (TPSA) is 91.3 Å². The number of hydrogen-bond acceptors (Lipinski definition) is 6.